The van der Waals surface area contributed by atoms with Crippen molar-refractivity contribution in [3.8, 4) is 6.07 Å². The fourth-order valence-corrected chi connectivity index (χ4v) is 1.37. The van der Waals surface area contributed by atoms with Crippen molar-refractivity contribution in [2.45, 2.75) is 20.8 Å². The minimum atomic E-state index is -1.18. The molecule has 19 heavy (non-hydrogen) atoms. The van der Waals surface area contributed by atoms with E-state index in [9.17, 15) is 18.7 Å². The van der Waals surface area contributed by atoms with Crippen molar-refractivity contribution in [1.29, 1.82) is 5.26 Å². The summed E-state index contributed by atoms with van der Waals surface area (Å²) >= 11 is 0. The summed E-state index contributed by atoms with van der Waals surface area (Å²) in [6.07, 6.45) is 0. The molecule has 0 atom stereocenters. The van der Waals surface area contributed by atoms with Crippen molar-refractivity contribution in [2.75, 3.05) is 0 Å². The Morgan fingerprint density at radius 1 is 1.26 bits per heavy atom. The van der Waals surface area contributed by atoms with Gasteiger partial charge in [0.05, 0.1) is 0 Å². The standard InChI is InChI=1S/C14H13F2NO2/c1-14(2,3)13(19)9(7-17)12(18)8-4-5-10(15)11(16)6-8/h4-6,19H,1-3H3/b13-9-. The molecule has 0 aliphatic rings. The number of halogens is 2. The zero-order valence-electron chi connectivity index (χ0n) is 10.8. The van der Waals surface area contributed by atoms with Gasteiger partial charge in [0.1, 0.15) is 17.4 Å². The van der Waals surface area contributed by atoms with Crippen LogP contribution >= 0.6 is 0 Å². The topological polar surface area (TPSA) is 61.1 Å². The van der Waals surface area contributed by atoms with Gasteiger partial charge in [-0.1, -0.05) is 20.8 Å². The molecule has 0 fully saturated rings. The largest absolute Gasteiger partial charge is 0.510 e. The van der Waals surface area contributed by atoms with E-state index in [2.05, 4.69) is 0 Å². The molecule has 0 spiro atoms. The van der Waals surface area contributed by atoms with E-state index in [-0.39, 0.29) is 11.3 Å². The van der Waals surface area contributed by atoms with Gasteiger partial charge in [0, 0.05) is 11.0 Å². The average molecular weight is 265 g/mol. The van der Waals surface area contributed by atoms with Crippen LogP contribution in [0.1, 0.15) is 31.1 Å². The highest BCUT2D eigenvalue weighted by molar-refractivity contribution is 6.11. The normalized spacial score (nSPS) is 12.6. The monoisotopic (exact) mass is 265 g/mol. The van der Waals surface area contributed by atoms with Crippen LogP contribution in [0.4, 0.5) is 8.78 Å². The molecule has 1 aromatic rings. The van der Waals surface area contributed by atoms with Gasteiger partial charge in [0.15, 0.2) is 11.6 Å². The van der Waals surface area contributed by atoms with Gasteiger partial charge in [0.2, 0.25) is 5.78 Å². The lowest BCUT2D eigenvalue weighted by Crippen LogP contribution is -2.16. The number of ketones is 1. The summed E-state index contributed by atoms with van der Waals surface area (Å²) in [7, 11) is 0. The van der Waals surface area contributed by atoms with Crippen LogP contribution in [0.3, 0.4) is 0 Å². The Balaban J connectivity index is 3.32. The predicted molar refractivity (Wildman–Crippen MR) is 65.4 cm³/mol. The summed E-state index contributed by atoms with van der Waals surface area (Å²) in [5.74, 6) is -3.49. The number of carbonyl (C=O) groups is 1. The van der Waals surface area contributed by atoms with Gasteiger partial charge in [-0.2, -0.15) is 5.26 Å². The minimum absolute atomic E-state index is 0.189. The van der Waals surface area contributed by atoms with E-state index in [0.717, 1.165) is 12.1 Å². The van der Waals surface area contributed by atoms with Gasteiger partial charge in [-0.15, -0.1) is 0 Å². The summed E-state index contributed by atoms with van der Waals surface area (Å²) in [5, 5.41) is 18.8. The molecule has 0 amide bonds. The van der Waals surface area contributed by atoms with E-state index < -0.39 is 28.4 Å². The Labute approximate surface area is 109 Å². The number of rotatable bonds is 2. The van der Waals surface area contributed by atoms with E-state index >= 15 is 0 Å². The number of benzene rings is 1. The molecule has 5 heteroatoms. The lowest BCUT2D eigenvalue weighted by molar-refractivity contribution is 0.102. The summed E-state index contributed by atoms with van der Waals surface area (Å²) < 4.78 is 25.8. The molecule has 0 heterocycles. The first kappa shape index (κ1) is 14.8. The second-order valence-corrected chi connectivity index (χ2v) is 5.04. The number of aliphatic hydroxyl groups is 1. The van der Waals surface area contributed by atoms with Crippen LogP contribution in [0.2, 0.25) is 0 Å². The molecule has 0 saturated heterocycles. The SMILES string of the molecule is CC(C)(C)/C(O)=C(\C#N)C(=O)c1ccc(F)c(F)c1. The third kappa shape index (κ3) is 3.16. The van der Waals surface area contributed by atoms with Crippen molar-refractivity contribution in [1.82, 2.24) is 0 Å². The first-order chi connectivity index (χ1) is 8.68. The summed E-state index contributed by atoms with van der Waals surface area (Å²) in [6, 6.07) is 4.16. The molecule has 0 saturated carbocycles. The minimum Gasteiger partial charge on any atom is -0.510 e. The second-order valence-electron chi connectivity index (χ2n) is 5.04. The maximum absolute atomic E-state index is 13.1. The molecule has 3 nitrogen and oxygen atoms in total. The van der Waals surface area contributed by atoms with E-state index in [1.165, 1.54) is 0 Å². The molecule has 0 aromatic heterocycles. The Bertz CT molecular complexity index is 592. The van der Waals surface area contributed by atoms with Crippen LogP contribution in [0, 0.1) is 28.4 Å². The molecule has 1 aromatic carbocycles. The predicted octanol–water partition coefficient (Wildman–Crippen LogP) is 3.53. The van der Waals surface area contributed by atoms with Crippen molar-refractivity contribution >= 4 is 5.78 Å². The molecule has 0 radical (unpaired) electrons. The smallest absolute Gasteiger partial charge is 0.207 e. The molecular weight excluding hydrogens is 252 g/mol. The van der Waals surface area contributed by atoms with Crippen molar-refractivity contribution in [2.24, 2.45) is 5.41 Å². The fraction of sp³-hybridized carbons (Fsp3) is 0.286. The first-order valence-corrected chi connectivity index (χ1v) is 5.52. The Hall–Kier alpha value is -2.22. The van der Waals surface area contributed by atoms with Gasteiger partial charge in [-0.3, -0.25) is 4.79 Å². The highest BCUT2D eigenvalue weighted by atomic mass is 19.2. The van der Waals surface area contributed by atoms with E-state index in [1.54, 1.807) is 26.8 Å². The van der Waals surface area contributed by atoms with E-state index in [1.807, 2.05) is 0 Å². The van der Waals surface area contributed by atoms with Gasteiger partial charge in [-0.25, -0.2) is 8.78 Å². The van der Waals surface area contributed by atoms with E-state index in [0.29, 0.717) is 6.07 Å². The van der Waals surface area contributed by atoms with Crippen molar-refractivity contribution in [3.63, 3.8) is 0 Å². The number of hydrogen-bond acceptors (Lipinski definition) is 3. The molecule has 0 aliphatic heterocycles. The summed E-state index contributed by atoms with van der Waals surface area (Å²) in [4.78, 5) is 12.0. The quantitative estimate of drug-likeness (QED) is 0.385. The van der Waals surface area contributed by atoms with Crippen LogP contribution in [0.15, 0.2) is 29.5 Å². The molecule has 100 valence electrons. The number of allylic oxidation sites excluding steroid dienone is 2. The van der Waals surface area contributed by atoms with Crippen molar-refractivity contribution < 1.29 is 18.7 Å². The van der Waals surface area contributed by atoms with Crippen LogP contribution in [0.5, 0.6) is 0 Å². The van der Waals surface area contributed by atoms with Gasteiger partial charge in [-0.05, 0) is 18.2 Å². The van der Waals surface area contributed by atoms with E-state index in [4.69, 9.17) is 5.26 Å². The number of nitriles is 1. The number of aliphatic hydroxyl groups excluding tert-OH is 1. The fourth-order valence-electron chi connectivity index (χ4n) is 1.37. The Morgan fingerprint density at radius 2 is 1.84 bits per heavy atom. The molecule has 0 aliphatic carbocycles. The highest BCUT2D eigenvalue weighted by Crippen LogP contribution is 2.27. The zero-order valence-corrected chi connectivity index (χ0v) is 10.8. The molecule has 1 N–H and O–H groups in total. The van der Waals surface area contributed by atoms with Gasteiger partial charge in [0.25, 0.3) is 0 Å². The number of carbonyl (C=O) groups excluding carboxylic acids is 1. The number of hydrogen-bond donors (Lipinski definition) is 1. The lowest BCUT2D eigenvalue weighted by atomic mass is 9.88. The van der Waals surface area contributed by atoms with Crippen LogP contribution < -0.4 is 0 Å². The third-order valence-electron chi connectivity index (χ3n) is 2.47. The molecular formula is C14H13F2NO2. The van der Waals surface area contributed by atoms with Gasteiger partial charge >= 0.3 is 0 Å². The molecule has 1 rings (SSSR count). The maximum Gasteiger partial charge on any atom is 0.207 e. The van der Waals surface area contributed by atoms with Crippen molar-refractivity contribution in [3.05, 3.63) is 46.7 Å². The zero-order chi connectivity index (χ0) is 14.8. The number of Topliss-reactive ketones (excluding diaryl/α,β-unsaturated/α-hetero) is 1. The maximum atomic E-state index is 13.1. The molecule has 0 bridgehead atoms. The molecule has 0 unspecified atom stereocenters. The third-order valence-corrected chi connectivity index (χ3v) is 2.47. The lowest BCUT2D eigenvalue weighted by Gasteiger charge is -2.18. The summed E-state index contributed by atoms with van der Waals surface area (Å²) in [5.41, 5.74) is -1.45. The average Bonchev–Trinajstić information content (AvgIpc) is 2.32. The van der Waals surface area contributed by atoms with Gasteiger partial charge < -0.3 is 5.11 Å². The summed E-state index contributed by atoms with van der Waals surface area (Å²) in [6.45, 7) is 4.87. The first-order valence-electron chi connectivity index (χ1n) is 5.52. The van der Waals surface area contributed by atoms with Crippen LogP contribution in [0.25, 0.3) is 0 Å². The second kappa shape index (κ2) is 5.19. The van der Waals surface area contributed by atoms with Crippen LogP contribution in [-0.2, 0) is 0 Å². The Kier molecular flexibility index (Phi) is 4.05. The Morgan fingerprint density at radius 3 is 2.26 bits per heavy atom. The van der Waals surface area contributed by atoms with Crippen LogP contribution in [-0.4, -0.2) is 10.9 Å². The number of nitrogens with zero attached hydrogens (tertiary/aromatic N) is 1. The highest BCUT2D eigenvalue weighted by Gasteiger charge is 2.26.